The summed E-state index contributed by atoms with van der Waals surface area (Å²) in [6.07, 6.45) is 0. The largest absolute Gasteiger partial charge is 0.492 e. The molecule has 0 aliphatic rings. The summed E-state index contributed by atoms with van der Waals surface area (Å²) in [5.74, 6) is 0.455. The van der Waals surface area contributed by atoms with E-state index in [0.717, 1.165) is 0 Å². The number of benzene rings is 2. The van der Waals surface area contributed by atoms with E-state index in [-0.39, 0.29) is 11.6 Å². The number of rotatable bonds is 6. The van der Waals surface area contributed by atoms with Gasteiger partial charge in [0.15, 0.2) is 0 Å². The summed E-state index contributed by atoms with van der Waals surface area (Å²) in [5, 5.41) is 13.4. The van der Waals surface area contributed by atoms with Gasteiger partial charge in [-0.15, -0.1) is 0 Å². The third-order valence-electron chi connectivity index (χ3n) is 3.02. The third kappa shape index (κ3) is 4.54. The molecule has 2 aromatic carbocycles. The molecule has 0 radical (unpaired) electrons. The highest BCUT2D eigenvalue weighted by Gasteiger charge is 2.14. The lowest BCUT2D eigenvalue weighted by molar-refractivity contribution is -0.384. The monoisotopic (exact) mass is 314 g/mol. The lowest BCUT2D eigenvalue weighted by atomic mass is 10.1. The van der Waals surface area contributed by atoms with Crippen LogP contribution >= 0.6 is 0 Å². The van der Waals surface area contributed by atoms with Gasteiger partial charge in [0.05, 0.1) is 17.1 Å². The zero-order valence-electron chi connectivity index (χ0n) is 13.0. The van der Waals surface area contributed by atoms with E-state index in [0.29, 0.717) is 29.5 Å². The van der Waals surface area contributed by atoms with E-state index < -0.39 is 4.92 Å². The van der Waals surface area contributed by atoms with E-state index in [1.165, 1.54) is 18.2 Å². The normalized spacial score (nSPS) is 10.4. The Morgan fingerprint density at radius 3 is 2.65 bits per heavy atom. The molecule has 0 aliphatic carbocycles. The van der Waals surface area contributed by atoms with E-state index in [1.807, 2.05) is 13.8 Å². The van der Waals surface area contributed by atoms with Crippen molar-refractivity contribution in [1.82, 2.24) is 0 Å². The van der Waals surface area contributed by atoms with Crippen molar-refractivity contribution in [2.24, 2.45) is 5.92 Å². The van der Waals surface area contributed by atoms with Crippen LogP contribution in [-0.2, 0) is 0 Å². The minimum absolute atomic E-state index is 0.0767. The summed E-state index contributed by atoms with van der Waals surface area (Å²) in [6, 6.07) is 12.7. The Kier molecular flexibility index (Phi) is 5.30. The first-order chi connectivity index (χ1) is 11.0. The minimum atomic E-state index is -0.505. The molecule has 0 bridgehead atoms. The minimum Gasteiger partial charge on any atom is -0.492 e. The fourth-order valence-electron chi connectivity index (χ4n) is 1.93. The molecule has 1 amide bonds. The van der Waals surface area contributed by atoms with E-state index in [4.69, 9.17) is 4.74 Å². The predicted octanol–water partition coefficient (Wildman–Crippen LogP) is 3.88. The number of para-hydroxylation sites is 1. The quantitative estimate of drug-likeness (QED) is 0.648. The number of anilines is 1. The maximum absolute atomic E-state index is 12.4. The fraction of sp³-hybridized carbons (Fsp3) is 0.235. The van der Waals surface area contributed by atoms with Crippen LogP contribution in [0.4, 0.5) is 11.4 Å². The van der Waals surface area contributed by atoms with Gasteiger partial charge in [-0.05, 0) is 24.1 Å². The topological polar surface area (TPSA) is 81.5 Å². The highest BCUT2D eigenvalue weighted by molar-refractivity contribution is 6.06. The highest BCUT2D eigenvalue weighted by atomic mass is 16.6. The van der Waals surface area contributed by atoms with Crippen LogP contribution in [0.1, 0.15) is 24.2 Å². The Morgan fingerprint density at radius 2 is 1.96 bits per heavy atom. The first kappa shape index (κ1) is 16.5. The number of nitrogens with zero attached hydrogens (tertiary/aromatic N) is 1. The Labute approximate surface area is 134 Å². The number of amides is 1. The molecule has 0 saturated heterocycles. The number of hydrogen-bond acceptors (Lipinski definition) is 4. The second-order valence-corrected chi connectivity index (χ2v) is 5.46. The molecule has 0 aliphatic heterocycles. The molecule has 0 saturated carbocycles. The van der Waals surface area contributed by atoms with Gasteiger partial charge in [0, 0.05) is 17.8 Å². The maximum Gasteiger partial charge on any atom is 0.271 e. The number of carbonyl (C=O) groups is 1. The average Bonchev–Trinajstić information content (AvgIpc) is 2.53. The summed E-state index contributed by atoms with van der Waals surface area (Å²) in [6.45, 7) is 4.54. The summed E-state index contributed by atoms with van der Waals surface area (Å²) in [5.41, 5.74) is 0.676. The van der Waals surface area contributed by atoms with Crippen molar-refractivity contribution in [2.75, 3.05) is 11.9 Å². The standard InChI is InChI=1S/C17H18N2O4/c1-12(2)11-23-16-9-4-3-8-15(16)17(20)18-13-6-5-7-14(10-13)19(21)22/h3-10,12H,11H2,1-2H3,(H,18,20). The van der Waals surface area contributed by atoms with Crippen molar-refractivity contribution < 1.29 is 14.5 Å². The number of nitro benzene ring substituents is 1. The van der Waals surface area contributed by atoms with Crippen molar-refractivity contribution >= 4 is 17.3 Å². The average molecular weight is 314 g/mol. The molecule has 0 fully saturated rings. The summed E-state index contributed by atoms with van der Waals surface area (Å²) in [7, 11) is 0. The van der Waals surface area contributed by atoms with Gasteiger partial charge in [-0.2, -0.15) is 0 Å². The Morgan fingerprint density at radius 1 is 1.22 bits per heavy atom. The number of nitro groups is 1. The van der Waals surface area contributed by atoms with Crippen molar-refractivity contribution in [2.45, 2.75) is 13.8 Å². The van der Waals surface area contributed by atoms with Crippen molar-refractivity contribution in [3.63, 3.8) is 0 Å². The highest BCUT2D eigenvalue weighted by Crippen LogP contribution is 2.22. The number of non-ortho nitro benzene ring substituents is 1. The molecular weight excluding hydrogens is 296 g/mol. The predicted molar refractivity (Wildman–Crippen MR) is 87.8 cm³/mol. The molecule has 0 heterocycles. The number of hydrogen-bond donors (Lipinski definition) is 1. The fourth-order valence-corrected chi connectivity index (χ4v) is 1.93. The summed E-state index contributed by atoms with van der Waals surface area (Å²) >= 11 is 0. The molecule has 2 rings (SSSR count). The first-order valence-corrected chi connectivity index (χ1v) is 7.25. The van der Waals surface area contributed by atoms with Gasteiger partial charge in [-0.25, -0.2) is 0 Å². The molecule has 0 unspecified atom stereocenters. The van der Waals surface area contributed by atoms with Gasteiger partial charge in [-0.3, -0.25) is 14.9 Å². The van der Waals surface area contributed by atoms with Gasteiger partial charge in [0.25, 0.3) is 11.6 Å². The SMILES string of the molecule is CC(C)COc1ccccc1C(=O)Nc1cccc([N+](=O)[O-])c1. The molecule has 0 spiro atoms. The molecule has 6 heteroatoms. The molecule has 2 aromatic rings. The third-order valence-corrected chi connectivity index (χ3v) is 3.02. The van der Waals surface area contributed by atoms with Crippen LogP contribution in [0.2, 0.25) is 0 Å². The summed E-state index contributed by atoms with van der Waals surface area (Å²) in [4.78, 5) is 22.7. The number of nitrogens with one attached hydrogen (secondary N) is 1. The molecule has 0 aromatic heterocycles. The van der Waals surface area contributed by atoms with Crippen LogP contribution in [0.3, 0.4) is 0 Å². The van der Waals surface area contributed by atoms with E-state index in [2.05, 4.69) is 5.32 Å². The Balaban J connectivity index is 2.18. The van der Waals surface area contributed by atoms with Crippen LogP contribution in [0.5, 0.6) is 5.75 Å². The van der Waals surface area contributed by atoms with Crippen LogP contribution in [-0.4, -0.2) is 17.4 Å². The van der Waals surface area contributed by atoms with Gasteiger partial charge < -0.3 is 10.1 Å². The summed E-state index contributed by atoms with van der Waals surface area (Å²) < 4.78 is 5.65. The zero-order valence-corrected chi connectivity index (χ0v) is 13.0. The van der Waals surface area contributed by atoms with Crippen molar-refractivity contribution in [3.05, 3.63) is 64.2 Å². The van der Waals surface area contributed by atoms with Gasteiger partial charge >= 0.3 is 0 Å². The molecule has 0 atom stereocenters. The van der Waals surface area contributed by atoms with Crippen LogP contribution in [0.15, 0.2) is 48.5 Å². The van der Waals surface area contributed by atoms with E-state index >= 15 is 0 Å². The van der Waals surface area contributed by atoms with Crippen LogP contribution in [0.25, 0.3) is 0 Å². The molecule has 6 nitrogen and oxygen atoms in total. The Bertz CT molecular complexity index is 713. The zero-order chi connectivity index (χ0) is 16.8. The number of carbonyl (C=O) groups excluding carboxylic acids is 1. The van der Waals surface area contributed by atoms with Crippen LogP contribution < -0.4 is 10.1 Å². The second kappa shape index (κ2) is 7.40. The molecule has 1 N–H and O–H groups in total. The van der Waals surface area contributed by atoms with Crippen molar-refractivity contribution in [3.8, 4) is 5.75 Å². The number of ether oxygens (including phenoxy) is 1. The second-order valence-electron chi connectivity index (χ2n) is 5.46. The molecule has 120 valence electrons. The molecule has 23 heavy (non-hydrogen) atoms. The smallest absolute Gasteiger partial charge is 0.271 e. The van der Waals surface area contributed by atoms with Gasteiger partial charge in [-0.1, -0.05) is 32.0 Å². The van der Waals surface area contributed by atoms with E-state index in [1.54, 1.807) is 30.3 Å². The van der Waals surface area contributed by atoms with Crippen molar-refractivity contribution in [1.29, 1.82) is 0 Å². The molecular formula is C17H18N2O4. The lowest BCUT2D eigenvalue weighted by Gasteiger charge is -2.13. The van der Waals surface area contributed by atoms with Gasteiger partial charge in [0.2, 0.25) is 0 Å². The van der Waals surface area contributed by atoms with Gasteiger partial charge in [0.1, 0.15) is 5.75 Å². The first-order valence-electron chi connectivity index (χ1n) is 7.25. The van der Waals surface area contributed by atoms with E-state index in [9.17, 15) is 14.9 Å². The maximum atomic E-state index is 12.4. The Hall–Kier alpha value is -2.89. The lowest BCUT2D eigenvalue weighted by Crippen LogP contribution is -2.15. The van der Waals surface area contributed by atoms with Crippen LogP contribution in [0, 0.1) is 16.0 Å².